The molecule has 5 nitrogen and oxygen atoms in total. The number of rotatable bonds is 3. The van der Waals surface area contributed by atoms with Gasteiger partial charge in [-0.05, 0) is 41.5 Å². The van der Waals surface area contributed by atoms with Gasteiger partial charge in [-0.15, -0.1) is 5.12 Å². The van der Waals surface area contributed by atoms with Crippen LogP contribution in [0.25, 0.3) is 22.8 Å². The Labute approximate surface area is 148 Å². The SMILES string of the molecule is COc1cc[nH]c1C=C1C(=O)N(F)c2cccc(-c3ccc(O)cc3)c21. The number of aromatic amines is 1. The lowest BCUT2D eigenvalue weighted by atomic mass is 9.94. The molecule has 26 heavy (non-hydrogen) atoms. The average Bonchev–Trinajstić information content (AvgIpc) is 3.21. The fraction of sp³-hybridized carbons (Fsp3) is 0.0500. The Balaban J connectivity index is 1.93. The molecule has 1 aliphatic rings. The van der Waals surface area contributed by atoms with Crippen molar-refractivity contribution < 1.29 is 19.1 Å². The zero-order valence-corrected chi connectivity index (χ0v) is 13.9. The summed E-state index contributed by atoms with van der Waals surface area (Å²) in [6.07, 6.45) is 3.27. The van der Waals surface area contributed by atoms with Crippen molar-refractivity contribution >= 4 is 23.2 Å². The lowest BCUT2D eigenvalue weighted by molar-refractivity contribution is -0.115. The van der Waals surface area contributed by atoms with Crippen molar-refractivity contribution in [1.29, 1.82) is 0 Å². The minimum absolute atomic E-state index is 0.136. The number of hydrogen-bond donors (Lipinski definition) is 2. The van der Waals surface area contributed by atoms with Crippen LogP contribution in [-0.2, 0) is 4.79 Å². The van der Waals surface area contributed by atoms with Crippen LogP contribution in [0, 0.1) is 0 Å². The van der Waals surface area contributed by atoms with Gasteiger partial charge in [-0.2, -0.15) is 0 Å². The third-order valence-electron chi connectivity index (χ3n) is 4.36. The minimum Gasteiger partial charge on any atom is -0.508 e. The van der Waals surface area contributed by atoms with Crippen LogP contribution in [0.3, 0.4) is 0 Å². The lowest BCUT2D eigenvalue weighted by Gasteiger charge is -2.09. The molecule has 0 saturated carbocycles. The number of amides is 1. The number of methoxy groups -OCH3 is 1. The molecule has 0 radical (unpaired) electrons. The van der Waals surface area contributed by atoms with Crippen molar-refractivity contribution in [3.63, 3.8) is 0 Å². The molecule has 0 atom stereocenters. The minimum atomic E-state index is -0.733. The van der Waals surface area contributed by atoms with Crippen LogP contribution in [0.5, 0.6) is 11.5 Å². The van der Waals surface area contributed by atoms with Crippen molar-refractivity contribution in [3.05, 3.63) is 66.0 Å². The van der Waals surface area contributed by atoms with Gasteiger partial charge in [0.25, 0.3) is 5.91 Å². The number of benzene rings is 2. The highest BCUT2D eigenvalue weighted by atomic mass is 19.2. The molecule has 130 valence electrons. The van der Waals surface area contributed by atoms with Crippen molar-refractivity contribution in [3.8, 4) is 22.6 Å². The Morgan fingerprint density at radius 1 is 1.15 bits per heavy atom. The maximum atomic E-state index is 14.5. The van der Waals surface area contributed by atoms with E-state index in [1.54, 1.807) is 54.7 Å². The molecule has 3 aromatic rings. The van der Waals surface area contributed by atoms with Crippen molar-refractivity contribution in [1.82, 2.24) is 4.98 Å². The number of aromatic nitrogens is 1. The van der Waals surface area contributed by atoms with Crippen molar-refractivity contribution in [2.24, 2.45) is 0 Å². The molecule has 6 heteroatoms. The van der Waals surface area contributed by atoms with Crippen LogP contribution in [0.1, 0.15) is 11.3 Å². The second-order valence-corrected chi connectivity index (χ2v) is 5.85. The zero-order chi connectivity index (χ0) is 18.3. The number of hydrogen-bond acceptors (Lipinski definition) is 3. The van der Waals surface area contributed by atoms with Crippen LogP contribution in [0.4, 0.5) is 10.2 Å². The fourth-order valence-electron chi connectivity index (χ4n) is 3.13. The molecule has 0 unspecified atom stereocenters. The molecule has 0 saturated heterocycles. The van der Waals surface area contributed by atoms with Gasteiger partial charge in [0.1, 0.15) is 11.5 Å². The second-order valence-electron chi connectivity index (χ2n) is 5.85. The van der Waals surface area contributed by atoms with E-state index in [1.165, 1.54) is 7.11 Å². The van der Waals surface area contributed by atoms with Crippen LogP contribution < -0.4 is 9.86 Å². The number of nitrogens with one attached hydrogen (secondary N) is 1. The van der Waals surface area contributed by atoms with Crippen LogP contribution in [0.2, 0.25) is 0 Å². The number of carbonyl (C=O) groups excluding carboxylic acids is 1. The number of ether oxygens (including phenoxy) is 1. The summed E-state index contributed by atoms with van der Waals surface area (Å²) < 4.78 is 19.7. The van der Waals surface area contributed by atoms with E-state index in [-0.39, 0.29) is 22.1 Å². The van der Waals surface area contributed by atoms with E-state index >= 15 is 0 Å². The van der Waals surface area contributed by atoms with E-state index < -0.39 is 5.91 Å². The summed E-state index contributed by atoms with van der Waals surface area (Å²) in [4.78, 5) is 15.5. The van der Waals surface area contributed by atoms with Gasteiger partial charge in [0.2, 0.25) is 0 Å². The van der Waals surface area contributed by atoms with Gasteiger partial charge < -0.3 is 14.8 Å². The Kier molecular flexibility index (Phi) is 3.73. The van der Waals surface area contributed by atoms with Crippen molar-refractivity contribution in [2.45, 2.75) is 0 Å². The first kappa shape index (κ1) is 16.0. The van der Waals surface area contributed by atoms with Gasteiger partial charge in [-0.3, -0.25) is 4.79 Å². The van der Waals surface area contributed by atoms with E-state index in [0.29, 0.717) is 22.6 Å². The maximum absolute atomic E-state index is 14.5. The Hall–Kier alpha value is -3.54. The van der Waals surface area contributed by atoms with Gasteiger partial charge in [0.05, 0.1) is 24.1 Å². The highest BCUT2D eigenvalue weighted by Crippen LogP contribution is 2.44. The molecule has 1 aromatic heterocycles. The lowest BCUT2D eigenvalue weighted by Crippen LogP contribution is -2.15. The van der Waals surface area contributed by atoms with E-state index in [1.807, 2.05) is 6.07 Å². The summed E-state index contributed by atoms with van der Waals surface area (Å²) in [7, 11) is 1.53. The predicted molar refractivity (Wildman–Crippen MR) is 97.4 cm³/mol. The monoisotopic (exact) mass is 350 g/mol. The Bertz CT molecular complexity index is 1020. The van der Waals surface area contributed by atoms with Gasteiger partial charge in [-0.1, -0.05) is 28.7 Å². The first-order chi connectivity index (χ1) is 12.6. The number of phenols is 1. The maximum Gasteiger partial charge on any atom is 0.287 e. The average molecular weight is 350 g/mol. The van der Waals surface area contributed by atoms with E-state index in [2.05, 4.69) is 4.98 Å². The number of anilines is 1. The third kappa shape index (κ3) is 2.43. The number of aromatic hydroxyl groups is 1. The van der Waals surface area contributed by atoms with E-state index in [4.69, 9.17) is 4.74 Å². The number of H-pyrrole nitrogens is 1. The van der Waals surface area contributed by atoms with Gasteiger partial charge >= 0.3 is 0 Å². The topological polar surface area (TPSA) is 65.6 Å². The van der Waals surface area contributed by atoms with Crippen LogP contribution in [0.15, 0.2) is 54.7 Å². The first-order valence-corrected chi connectivity index (χ1v) is 7.96. The molecular formula is C20H15FN2O3. The van der Waals surface area contributed by atoms with Crippen molar-refractivity contribution in [2.75, 3.05) is 12.2 Å². The summed E-state index contributed by atoms with van der Waals surface area (Å²) in [5.74, 6) is -0.0365. The largest absolute Gasteiger partial charge is 0.508 e. The summed E-state index contributed by atoms with van der Waals surface area (Å²) in [5.41, 5.74) is 2.98. The van der Waals surface area contributed by atoms with Crippen LogP contribution in [-0.4, -0.2) is 23.1 Å². The van der Waals surface area contributed by atoms with Crippen LogP contribution >= 0.6 is 0 Å². The first-order valence-electron chi connectivity index (χ1n) is 7.96. The summed E-state index contributed by atoms with van der Waals surface area (Å²) >= 11 is 0. The molecule has 1 amide bonds. The standard InChI is InChI=1S/C20H15FN2O3/c1-26-18-9-10-22-16(18)11-15-19-14(12-5-7-13(24)8-6-12)3-2-4-17(19)23(21)20(15)25/h2-11,22,24H,1H3. The smallest absolute Gasteiger partial charge is 0.287 e. The van der Waals surface area contributed by atoms with Gasteiger partial charge in [0.15, 0.2) is 0 Å². The molecule has 1 aliphatic heterocycles. The summed E-state index contributed by atoms with van der Waals surface area (Å²) in [6.45, 7) is 0. The van der Waals surface area contributed by atoms with E-state index in [9.17, 15) is 14.4 Å². The molecule has 0 aliphatic carbocycles. The predicted octanol–water partition coefficient (Wildman–Crippen LogP) is 4.17. The highest BCUT2D eigenvalue weighted by Gasteiger charge is 2.35. The number of halogens is 1. The summed E-state index contributed by atoms with van der Waals surface area (Å²) in [6, 6.07) is 13.4. The fourth-order valence-corrected chi connectivity index (χ4v) is 3.13. The summed E-state index contributed by atoms with van der Waals surface area (Å²) in [5, 5.41) is 9.66. The number of carbonyl (C=O) groups is 1. The Morgan fingerprint density at radius 2 is 1.92 bits per heavy atom. The zero-order valence-electron chi connectivity index (χ0n) is 13.9. The molecule has 0 spiro atoms. The third-order valence-corrected chi connectivity index (χ3v) is 4.36. The number of phenolic OH excluding ortho intramolecular Hbond substituents is 1. The van der Waals surface area contributed by atoms with E-state index in [0.717, 1.165) is 5.56 Å². The highest BCUT2D eigenvalue weighted by molar-refractivity contribution is 6.36. The van der Waals surface area contributed by atoms with Gasteiger partial charge in [-0.25, -0.2) is 0 Å². The molecule has 2 heterocycles. The molecule has 2 N–H and O–H groups in total. The molecule has 4 rings (SSSR count). The molecule has 0 bridgehead atoms. The molecular weight excluding hydrogens is 335 g/mol. The molecule has 0 fully saturated rings. The Morgan fingerprint density at radius 3 is 2.65 bits per heavy atom. The number of nitrogens with zero attached hydrogens (tertiary/aromatic N) is 1. The quantitative estimate of drug-likeness (QED) is 0.550. The normalized spacial score (nSPS) is 14.8. The number of fused-ring (bicyclic) bond motifs is 1. The van der Waals surface area contributed by atoms with Gasteiger partial charge in [0, 0.05) is 11.8 Å². The molecule has 2 aromatic carbocycles. The second kappa shape index (κ2) is 6.07.